The van der Waals surface area contributed by atoms with Crippen LogP contribution in [0.1, 0.15) is 17.9 Å². The topological polar surface area (TPSA) is 138 Å². The van der Waals surface area contributed by atoms with Gasteiger partial charge < -0.3 is 31.0 Å². The highest BCUT2D eigenvalue weighted by atomic mass is 32.1. The summed E-state index contributed by atoms with van der Waals surface area (Å²) in [6.07, 6.45) is 11.7. The number of nitrogens with one attached hydrogen (secondary N) is 2. The van der Waals surface area contributed by atoms with Gasteiger partial charge in [-0.3, -0.25) is 0 Å². The summed E-state index contributed by atoms with van der Waals surface area (Å²) in [5.41, 5.74) is 7.45. The van der Waals surface area contributed by atoms with Crippen LogP contribution in [0.3, 0.4) is 0 Å². The van der Waals surface area contributed by atoms with E-state index in [1.54, 1.807) is 18.3 Å². The van der Waals surface area contributed by atoms with Crippen molar-refractivity contribution in [1.82, 2.24) is 10.6 Å². The largest absolute Gasteiger partial charge is 0.478 e. The average molecular weight is 454 g/mol. The SMILES string of the molecule is C=C(S)c1ccc(C2=CC(C/C=C(\C=C(/N)C3=CC(C(=O)O)=CCN3)C(=O)O)NC=C2)o1. The first-order chi connectivity index (χ1) is 15.2. The maximum Gasteiger partial charge on any atom is 0.335 e. The molecule has 3 heterocycles. The lowest BCUT2D eigenvalue weighted by Gasteiger charge is -2.17. The van der Waals surface area contributed by atoms with E-state index in [9.17, 15) is 14.7 Å². The van der Waals surface area contributed by atoms with E-state index in [0.717, 1.165) is 5.57 Å². The number of furan rings is 1. The molecule has 0 spiro atoms. The van der Waals surface area contributed by atoms with Gasteiger partial charge in [-0.15, -0.1) is 12.6 Å². The minimum Gasteiger partial charge on any atom is -0.478 e. The van der Waals surface area contributed by atoms with E-state index >= 15 is 0 Å². The molecular formula is C23H23N3O5S. The molecule has 0 radical (unpaired) electrons. The quantitative estimate of drug-likeness (QED) is 0.201. The van der Waals surface area contributed by atoms with Gasteiger partial charge in [0.1, 0.15) is 11.5 Å². The number of aliphatic carboxylic acids is 2. The molecule has 0 saturated heterocycles. The zero-order valence-electron chi connectivity index (χ0n) is 17.0. The molecule has 8 nitrogen and oxygen atoms in total. The number of carbonyl (C=O) groups is 2. The number of dihydropyridines is 2. The van der Waals surface area contributed by atoms with Gasteiger partial charge >= 0.3 is 11.9 Å². The van der Waals surface area contributed by atoms with E-state index in [0.29, 0.717) is 28.5 Å². The van der Waals surface area contributed by atoms with E-state index in [1.165, 1.54) is 18.2 Å². The molecule has 0 fully saturated rings. The second-order valence-corrected chi connectivity index (χ2v) is 7.58. The second-order valence-electron chi connectivity index (χ2n) is 7.04. The van der Waals surface area contributed by atoms with Gasteiger partial charge in [-0.2, -0.15) is 0 Å². The number of carboxylic acids is 2. The molecule has 0 aromatic carbocycles. The van der Waals surface area contributed by atoms with Gasteiger partial charge in [-0.25, -0.2) is 9.59 Å². The Balaban J connectivity index is 1.77. The lowest BCUT2D eigenvalue weighted by molar-refractivity contribution is -0.133. The Morgan fingerprint density at radius 2 is 2.12 bits per heavy atom. The molecule has 9 heteroatoms. The number of rotatable bonds is 8. The van der Waals surface area contributed by atoms with Crippen molar-refractivity contribution in [2.75, 3.05) is 6.54 Å². The van der Waals surface area contributed by atoms with Crippen molar-refractivity contribution < 1.29 is 24.2 Å². The van der Waals surface area contributed by atoms with Crippen LogP contribution in [0.4, 0.5) is 0 Å². The fourth-order valence-electron chi connectivity index (χ4n) is 3.11. The average Bonchev–Trinajstić information content (AvgIpc) is 3.27. The maximum absolute atomic E-state index is 11.7. The first-order valence-corrected chi connectivity index (χ1v) is 10.1. The van der Waals surface area contributed by atoms with Crippen molar-refractivity contribution in [2.45, 2.75) is 12.5 Å². The van der Waals surface area contributed by atoms with Crippen LogP contribution in [0.15, 0.2) is 88.3 Å². The molecule has 6 N–H and O–H groups in total. The lowest BCUT2D eigenvalue weighted by atomic mass is 10.0. The molecule has 0 aliphatic carbocycles. The number of carboxylic acid groups (broad SMARTS) is 2. The van der Waals surface area contributed by atoms with Crippen molar-refractivity contribution >= 4 is 35.0 Å². The fourth-order valence-corrected chi connectivity index (χ4v) is 3.23. The molecule has 3 rings (SSSR count). The molecule has 32 heavy (non-hydrogen) atoms. The zero-order valence-corrected chi connectivity index (χ0v) is 17.9. The predicted molar refractivity (Wildman–Crippen MR) is 125 cm³/mol. The van der Waals surface area contributed by atoms with Crippen LogP contribution >= 0.6 is 12.6 Å². The lowest BCUT2D eigenvalue weighted by Crippen LogP contribution is -2.25. The summed E-state index contributed by atoms with van der Waals surface area (Å²) in [6.45, 7) is 4.02. The Morgan fingerprint density at radius 1 is 1.34 bits per heavy atom. The highest BCUT2D eigenvalue weighted by Crippen LogP contribution is 2.26. The van der Waals surface area contributed by atoms with Gasteiger partial charge in [0.15, 0.2) is 0 Å². The van der Waals surface area contributed by atoms with Gasteiger partial charge in [0.05, 0.1) is 22.5 Å². The molecule has 0 saturated carbocycles. The van der Waals surface area contributed by atoms with Crippen molar-refractivity contribution in [2.24, 2.45) is 5.73 Å². The molecule has 0 amide bonds. The van der Waals surface area contributed by atoms with Crippen molar-refractivity contribution in [3.63, 3.8) is 0 Å². The third-order valence-corrected chi connectivity index (χ3v) is 4.97. The van der Waals surface area contributed by atoms with E-state index in [2.05, 4.69) is 29.8 Å². The molecule has 1 unspecified atom stereocenters. The molecule has 2 aliphatic heterocycles. The number of allylic oxidation sites excluding steroid dienone is 2. The van der Waals surface area contributed by atoms with Gasteiger partial charge in [0.25, 0.3) is 0 Å². The van der Waals surface area contributed by atoms with E-state index in [4.69, 9.17) is 15.3 Å². The molecule has 2 aliphatic rings. The van der Waals surface area contributed by atoms with Crippen LogP contribution in [0.25, 0.3) is 10.5 Å². The summed E-state index contributed by atoms with van der Waals surface area (Å²) in [5, 5.41) is 24.8. The van der Waals surface area contributed by atoms with E-state index in [-0.39, 0.29) is 29.4 Å². The van der Waals surface area contributed by atoms with Gasteiger partial charge in [0.2, 0.25) is 0 Å². The Bertz CT molecular complexity index is 1130. The molecule has 166 valence electrons. The number of hydrogen-bond acceptors (Lipinski definition) is 7. The van der Waals surface area contributed by atoms with Gasteiger partial charge in [-0.1, -0.05) is 24.8 Å². The molecule has 1 aromatic rings. The van der Waals surface area contributed by atoms with Crippen molar-refractivity contribution in [3.05, 3.63) is 95.4 Å². The zero-order chi connectivity index (χ0) is 23.3. The molecule has 1 atom stereocenters. The Kier molecular flexibility index (Phi) is 7.11. The van der Waals surface area contributed by atoms with E-state index < -0.39 is 11.9 Å². The Morgan fingerprint density at radius 3 is 2.78 bits per heavy atom. The number of thiol groups is 1. The van der Waals surface area contributed by atoms with Crippen molar-refractivity contribution in [3.8, 4) is 0 Å². The molecular weight excluding hydrogens is 430 g/mol. The highest BCUT2D eigenvalue weighted by molar-refractivity contribution is 7.90. The third kappa shape index (κ3) is 5.64. The van der Waals surface area contributed by atoms with Gasteiger partial charge in [0, 0.05) is 23.1 Å². The first kappa shape index (κ1) is 22.8. The minimum absolute atomic E-state index is 0.00501. The summed E-state index contributed by atoms with van der Waals surface area (Å²) < 4.78 is 5.72. The van der Waals surface area contributed by atoms with Crippen LogP contribution in [0.5, 0.6) is 0 Å². The van der Waals surface area contributed by atoms with Crippen molar-refractivity contribution in [1.29, 1.82) is 0 Å². The Labute approximate surface area is 190 Å². The second kappa shape index (κ2) is 9.97. The molecule has 0 bridgehead atoms. The maximum atomic E-state index is 11.7. The molecule has 1 aromatic heterocycles. The standard InChI is InChI=1S/C23H23N3O5S/c1-13(32)20-4-5-21(31-20)14-6-8-25-17(10-14)3-2-15(22(27)28)11-18(24)19-12-16(23(29)30)7-9-26-19/h2,4-8,10-12,17,25-26,32H,1,3,9,24H2,(H,27,28)(H,29,30)/b15-2+,18-11-. The number of hydrogen-bond donors (Lipinski definition) is 6. The highest BCUT2D eigenvalue weighted by Gasteiger charge is 2.16. The predicted octanol–water partition coefficient (Wildman–Crippen LogP) is 2.79. The normalized spacial score (nSPS) is 18.7. The van der Waals surface area contributed by atoms with Gasteiger partial charge in [-0.05, 0) is 43.0 Å². The van der Waals surface area contributed by atoms with Crippen LogP contribution in [-0.4, -0.2) is 34.7 Å². The van der Waals surface area contributed by atoms with Crippen LogP contribution < -0.4 is 16.4 Å². The summed E-state index contributed by atoms with van der Waals surface area (Å²) in [5.74, 6) is -0.987. The minimum atomic E-state index is -1.14. The monoisotopic (exact) mass is 453 g/mol. The summed E-state index contributed by atoms with van der Waals surface area (Å²) in [6, 6.07) is 3.44. The third-order valence-electron chi connectivity index (χ3n) is 4.75. The fraction of sp³-hybridized carbons (Fsp3) is 0.130. The Hall–Kier alpha value is -3.85. The smallest absolute Gasteiger partial charge is 0.335 e. The number of nitrogens with two attached hydrogens (primary N) is 1. The van der Waals surface area contributed by atoms with E-state index in [1.807, 2.05) is 18.2 Å². The van der Waals surface area contributed by atoms with Crippen LogP contribution in [-0.2, 0) is 9.59 Å². The van der Waals surface area contributed by atoms with Crippen LogP contribution in [0, 0.1) is 0 Å². The summed E-state index contributed by atoms with van der Waals surface area (Å²) in [7, 11) is 0. The summed E-state index contributed by atoms with van der Waals surface area (Å²) in [4.78, 5) is 23.4. The van der Waals surface area contributed by atoms with Crippen LogP contribution in [0.2, 0.25) is 0 Å². The first-order valence-electron chi connectivity index (χ1n) is 9.67. The summed E-state index contributed by atoms with van der Waals surface area (Å²) >= 11 is 4.18.